The molecule has 0 heterocycles. The summed E-state index contributed by atoms with van der Waals surface area (Å²) in [7, 11) is 0. The highest BCUT2D eigenvalue weighted by Gasteiger charge is 2.05. The molecule has 23 heavy (non-hydrogen) atoms. The van der Waals surface area contributed by atoms with Gasteiger partial charge in [0.2, 0.25) is 5.91 Å². The second kappa shape index (κ2) is 8.30. The fraction of sp³-hybridized carbons (Fsp3) is 0.188. The summed E-state index contributed by atoms with van der Waals surface area (Å²) in [5.41, 5.74) is 6.18. The molecule has 7 heteroatoms. The fourth-order valence-corrected chi connectivity index (χ4v) is 2.68. The largest absolute Gasteiger partial charge is 0.330 e. The van der Waals surface area contributed by atoms with Crippen LogP contribution in [0, 0.1) is 10.1 Å². The summed E-state index contributed by atoms with van der Waals surface area (Å²) < 4.78 is 0. The fourth-order valence-electron chi connectivity index (χ4n) is 1.86. The number of nitro benzene ring substituents is 1. The van der Waals surface area contributed by atoms with E-state index in [-0.39, 0.29) is 11.6 Å². The van der Waals surface area contributed by atoms with E-state index in [1.54, 1.807) is 12.1 Å². The van der Waals surface area contributed by atoms with Gasteiger partial charge in [-0.25, -0.2) is 0 Å². The highest BCUT2D eigenvalue weighted by Crippen LogP contribution is 2.29. The van der Waals surface area contributed by atoms with Crippen molar-refractivity contribution in [3.8, 4) is 0 Å². The zero-order valence-corrected chi connectivity index (χ0v) is 13.2. The number of nitrogens with two attached hydrogens (primary N) is 1. The first-order valence-electron chi connectivity index (χ1n) is 7.11. The first-order chi connectivity index (χ1) is 11.1. The number of benzene rings is 2. The van der Waals surface area contributed by atoms with Crippen LogP contribution in [0.2, 0.25) is 0 Å². The number of carbonyl (C=O) groups is 1. The minimum atomic E-state index is -0.420. The number of hydrogen-bond donors (Lipinski definition) is 2. The Morgan fingerprint density at radius 2 is 1.65 bits per heavy atom. The lowest BCUT2D eigenvalue weighted by Gasteiger charge is -2.06. The van der Waals surface area contributed by atoms with Gasteiger partial charge in [-0.15, -0.1) is 0 Å². The molecule has 0 spiro atoms. The molecule has 0 aliphatic carbocycles. The minimum absolute atomic E-state index is 0.0498. The minimum Gasteiger partial charge on any atom is -0.330 e. The molecule has 0 aromatic heterocycles. The number of carbonyl (C=O) groups excluding carboxylic acids is 1. The number of anilines is 1. The number of nitrogens with one attached hydrogen (secondary N) is 1. The molecule has 3 N–H and O–H groups in total. The van der Waals surface area contributed by atoms with Crippen LogP contribution in [0.15, 0.2) is 58.3 Å². The molecule has 0 atom stereocenters. The monoisotopic (exact) mass is 331 g/mol. The van der Waals surface area contributed by atoms with Crippen LogP contribution in [0.4, 0.5) is 11.4 Å². The average molecular weight is 331 g/mol. The van der Waals surface area contributed by atoms with Crippen molar-refractivity contribution in [1.82, 2.24) is 0 Å². The topological polar surface area (TPSA) is 98.3 Å². The molecule has 2 rings (SSSR count). The Morgan fingerprint density at radius 3 is 2.17 bits per heavy atom. The Morgan fingerprint density at radius 1 is 1.09 bits per heavy atom. The Balaban J connectivity index is 1.94. The van der Waals surface area contributed by atoms with E-state index in [1.807, 2.05) is 24.3 Å². The smallest absolute Gasteiger partial charge is 0.269 e. The van der Waals surface area contributed by atoms with Gasteiger partial charge in [0.05, 0.1) is 4.92 Å². The van der Waals surface area contributed by atoms with Gasteiger partial charge in [-0.1, -0.05) is 11.8 Å². The van der Waals surface area contributed by atoms with Crippen LogP contribution in [0.25, 0.3) is 0 Å². The lowest BCUT2D eigenvalue weighted by Crippen LogP contribution is -2.13. The molecule has 0 unspecified atom stereocenters. The van der Waals surface area contributed by atoms with Crippen molar-refractivity contribution in [3.05, 3.63) is 58.6 Å². The number of amides is 1. The van der Waals surface area contributed by atoms with E-state index in [2.05, 4.69) is 5.32 Å². The van der Waals surface area contributed by atoms with Crippen molar-refractivity contribution in [3.63, 3.8) is 0 Å². The SMILES string of the molecule is NCCCC(=O)Nc1ccc(Sc2ccc([N+](=O)[O-])cc2)cc1. The lowest BCUT2D eigenvalue weighted by atomic mass is 10.2. The Hall–Kier alpha value is -2.38. The van der Waals surface area contributed by atoms with E-state index in [4.69, 9.17) is 5.73 Å². The van der Waals surface area contributed by atoms with E-state index in [0.29, 0.717) is 19.4 Å². The molecule has 0 saturated heterocycles. The van der Waals surface area contributed by atoms with Crippen molar-refractivity contribution in [1.29, 1.82) is 0 Å². The Labute approximate surface area is 138 Å². The van der Waals surface area contributed by atoms with E-state index in [0.717, 1.165) is 15.5 Å². The highest BCUT2D eigenvalue weighted by molar-refractivity contribution is 7.99. The summed E-state index contributed by atoms with van der Waals surface area (Å²) in [5, 5.41) is 13.4. The number of hydrogen-bond acceptors (Lipinski definition) is 5. The molecule has 0 bridgehead atoms. The third kappa shape index (κ3) is 5.39. The van der Waals surface area contributed by atoms with Crippen LogP contribution >= 0.6 is 11.8 Å². The molecule has 2 aromatic carbocycles. The zero-order valence-electron chi connectivity index (χ0n) is 12.4. The molecular formula is C16H17N3O3S. The zero-order chi connectivity index (χ0) is 16.7. The molecule has 0 radical (unpaired) electrons. The van der Waals surface area contributed by atoms with Crippen molar-refractivity contribution in [2.24, 2.45) is 5.73 Å². The second-order valence-electron chi connectivity index (χ2n) is 4.82. The molecule has 1 amide bonds. The lowest BCUT2D eigenvalue weighted by molar-refractivity contribution is -0.384. The second-order valence-corrected chi connectivity index (χ2v) is 5.96. The van der Waals surface area contributed by atoms with E-state index in [9.17, 15) is 14.9 Å². The summed E-state index contributed by atoms with van der Waals surface area (Å²) in [6, 6.07) is 13.8. The highest BCUT2D eigenvalue weighted by atomic mass is 32.2. The van der Waals surface area contributed by atoms with Gasteiger partial charge in [0.25, 0.3) is 5.69 Å². The average Bonchev–Trinajstić information content (AvgIpc) is 2.55. The predicted octanol–water partition coefficient (Wildman–Crippen LogP) is 3.42. The van der Waals surface area contributed by atoms with Gasteiger partial charge in [0.1, 0.15) is 0 Å². The maximum absolute atomic E-state index is 11.6. The first kappa shape index (κ1) is 17.0. The van der Waals surface area contributed by atoms with Crippen LogP contribution < -0.4 is 11.1 Å². The van der Waals surface area contributed by atoms with Crippen molar-refractivity contribution < 1.29 is 9.72 Å². The van der Waals surface area contributed by atoms with Crippen molar-refractivity contribution in [2.45, 2.75) is 22.6 Å². The number of nitrogens with zero attached hydrogens (tertiary/aromatic N) is 1. The quantitative estimate of drug-likeness (QED) is 0.598. The van der Waals surface area contributed by atoms with Gasteiger partial charge >= 0.3 is 0 Å². The maximum Gasteiger partial charge on any atom is 0.269 e. The van der Waals surface area contributed by atoms with E-state index >= 15 is 0 Å². The van der Waals surface area contributed by atoms with Gasteiger partial charge in [-0.2, -0.15) is 0 Å². The van der Waals surface area contributed by atoms with Crippen molar-refractivity contribution >= 4 is 29.0 Å². The third-order valence-electron chi connectivity index (χ3n) is 3.03. The summed E-state index contributed by atoms with van der Waals surface area (Å²) in [4.78, 5) is 23.7. The Bertz CT molecular complexity index is 672. The Kier molecular flexibility index (Phi) is 6.13. The van der Waals surface area contributed by atoms with Gasteiger partial charge in [-0.05, 0) is 49.4 Å². The standard InChI is InChI=1S/C16H17N3O3S/c17-11-1-2-16(20)18-12-3-7-14(8-4-12)23-15-9-5-13(6-10-15)19(21)22/h3-10H,1-2,11,17H2,(H,18,20). The van der Waals surface area contributed by atoms with Gasteiger partial charge in [0.15, 0.2) is 0 Å². The van der Waals surface area contributed by atoms with Crippen LogP contribution in [-0.2, 0) is 4.79 Å². The summed E-state index contributed by atoms with van der Waals surface area (Å²) in [6.07, 6.45) is 1.08. The predicted molar refractivity (Wildman–Crippen MR) is 90.6 cm³/mol. The van der Waals surface area contributed by atoms with E-state index < -0.39 is 4.92 Å². The van der Waals surface area contributed by atoms with Crippen LogP contribution in [0.5, 0.6) is 0 Å². The third-order valence-corrected chi connectivity index (χ3v) is 4.05. The molecule has 0 saturated carbocycles. The van der Waals surface area contributed by atoms with E-state index in [1.165, 1.54) is 23.9 Å². The summed E-state index contributed by atoms with van der Waals surface area (Å²) >= 11 is 1.50. The molecule has 0 aliphatic heterocycles. The number of rotatable bonds is 7. The molecular weight excluding hydrogens is 314 g/mol. The molecule has 0 fully saturated rings. The van der Waals surface area contributed by atoms with Crippen molar-refractivity contribution in [2.75, 3.05) is 11.9 Å². The molecule has 2 aromatic rings. The van der Waals surface area contributed by atoms with Crippen LogP contribution in [0.3, 0.4) is 0 Å². The molecule has 6 nitrogen and oxygen atoms in total. The van der Waals surface area contributed by atoms with Crippen LogP contribution in [-0.4, -0.2) is 17.4 Å². The number of nitro groups is 1. The summed E-state index contributed by atoms with van der Waals surface area (Å²) in [5.74, 6) is -0.0498. The number of non-ortho nitro benzene ring substituents is 1. The summed E-state index contributed by atoms with van der Waals surface area (Å²) in [6.45, 7) is 0.498. The first-order valence-corrected chi connectivity index (χ1v) is 7.92. The van der Waals surface area contributed by atoms with Gasteiger partial charge in [-0.3, -0.25) is 14.9 Å². The van der Waals surface area contributed by atoms with Gasteiger partial charge in [0, 0.05) is 34.0 Å². The molecule has 0 aliphatic rings. The van der Waals surface area contributed by atoms with Gasteiger partial charge < -0.3 is 11.1 Å². The van der Waals surface area contributed by atoms with Crippen LogP contribution in [0.1, 0.15) is 12.8 Å². The molecule has 120 valence electrons. The maximum atomic E-state index is 11.6. The normalized spacial score (nSPS) is 10.3.